The first kappa shape index (κ1) is 21.2. The van der Waals surface area contributed by atoms with Gasteiger partial charge in [-0.3, -0.25) is 4.79 Å². The molecule has 2 heterocycles. The van der Waals surface area contributed by atoms with Crippen molar-refractivity contribution in [1.29, 1.82) is 0 Å². The second-order valence-corrected chi connectivity index (χ2v) is 8.41. The van der Waals surface area contributed by atoms with Gasteiger partial charge in [0.05, 0.1) is 5.75 Å². The molecule has 9 heteroatoms. The number of benzene rings is 2. The lowest BCUT2D eigenvalue weighted by atomic mass is 10.2. The molecule has 0 spiro atoms. The van der Waals surface area contributed by atoms with E-state index in [9.17, 15) is 9.18 Å². The predicted octanol–water partition coefficient (Wildman–Crippen LogP) is 3.91. The van der Waals surface area contributed by atoms with Gasteiger partial charge in [0, 0.05) is 30.0 Å². The van der Waals surface area contributed by atoms with E-state index in [1.807, 2.05) is 12.1 Å². The number of aromatic nitrogens is 3. The minimum atomic E-state index is -0.336. The topological polar surface area (TPSA) is 89.1 Å². The minimum Gasteiger partial charge on any atom is -0.372 e. The molecule has 162 valence electrons. The van der Waals surface area contributed by atoms with E-state index >= 15 is 0 Å². The highest BCUT2D eigenvalue weighted by Crippen LogP contribution is 2.23. The maximum Gasteiger partial charge on any atom is 0.234 e. The fourth-order valence-corrected chi connectivity index (χ4v) is 4.24. The molecule has 1 saturated heterocycles. The average Bonchev–Trinajstić information content (AvgIpc) is 2.97. The molecule has 0 saturated carbocycles. The van der Waals surface area contributed by atoms with Gasteiger partial charge < -0.3 is 16.1 Å². The van der Waals surface area contributed by atoms with Crippen molar-refractivity contribution in [3.8, 4) is 11.4 Å². The van der Waals surface area contributed by atoms with Crippen molar-refractivity contribution in [1.82, 2.24) is 14.9 Å². The number of amides is 1. The summed E-state index contributed by atoms with van der Waals surface area (Å²) in [5.74, 6) is 6.12. The van der Waals surface area contributed by atoms with Crippen molar-refractivity contribution < 1.29 is 9.18 Å². The third-order valence-corrected chi connectivity index (χ3v) is 6.16. The first-order valence-electron chi connectivity index (χ1n) is 10.3. The van der Waals surface area contributed by atoms with Crippen LogP contribution in [0.15, 0.2) is 53.7 Å². The van der Waals surface area contributed by atoms with Crippen LogP contribution in [0.4, 0.5) is 15.8 Å². The summed E-state index contributed by atoms with van der Waals surface area (Å²) < 4.78 is 14.4. The molecule has 1 aromatic heterocycles. The van der Waals surface area contributed by atoms with Crippen LogP contribution in [0.5, 0.6) is 0 Å². The fourth-order valence-electron chi connectivity index (χ4n) is 3.58. The number of carbonyl (C=O) groups excluding carboxylic acids is 1. The molecule has 31 heavy (non-hydrogen) atoms. The molecule has 0 unspecified atom stereocenters. The fraction of sp³-hybridized carbons (Fsp3) is 0.318. The molecule has 0 bridgehead atoms. The zero-order valence-corrected chi connectivity index (χ0v) is 17.9. The van der Waals surface area contributed by atoms with E-state index in [-0.39, 0.29) is 17.5 Å². The van der Waals surface area contributed by atoms with Crippen LogP contribution in [0.2, 0.25) is 0 Å². The molecule has 2 aromatic carbocycles. The molecule has 0 radical (unpaired) electrons. The van der Waals surface area contributed by atoms with Crippen LogP contribution in [0, 0.1) is 5.82 Å². The lowest BCUT2D eigenvalue weighted by Gasteiger charge is -2.22. The molecular formula is C22H25FN6OS. The van der Waals surface area contributed by atoms with E-state index in [1.54, 1.807) is 12.1 Å². The molecule has 7 nitrogen and oxygen atoms in total. The molecule has 1 aliphatic rings. The third-order valence-electron chi connectivity index (χ3n) is 5.22. The van der Waals surface area contributed by atoms with E-state index < -0.39 is 0 Å². The van der Waals surface area contributed by atoms with Crippen LogP contribution < -0.4 is 16.1 Å². The maximum absolute atomic E-state index is 13.1. The van der Waals surface area contributed by atoms with Gasteiger partial charge in [-0.15, -0.1) is 10.2 Å². The molecule has 1 fully saturated rings. The Morgan fingerprint density at radius 2 is 1.68 bits per heavy atom. The highest BCUT2D eigenvalue weighted by molar-refractivity contribution is 7.99. The van der Waals surface area contributed by atoms with Crippen molar-refractivity contribution in [3.63, 3.8) is 0 Å². The van der Waals surface area contributed by atoms with Crippen LogP contribution in [0.25, 0.3) is 11.4 Å². The summed E-state index contributed by atoms with van der Waals surface area (Å²) in [6.45, 7) is 2.17. The second kappa shape index (κ2) is 9.82. The average molecular weight is 441 g/mol. The second-order valence-electron chi connectivity index (χ2n) is 7.47. The van der Waals surface area contributed by atoms with Crippen LogP contribution >= 0.6 is 11.8 Å². The number of nitrogens with one attached hydrogen (secondary N) is 1. The molecule has 0 aliphatic carbocycles. The maximum atomic E-state index is 13.1. The van der Waals surface area contributed by atoms with Gasteiger partial charge in [0.15, 0.2) is 5.82 Å². The van der Waals surface area contributed by atoms with Crippen molar-refractivity contribution in [2.75, 3.05) is 34.9 Å². The smallest absolute Gasteiger partial charge is 0.234 e. The zero-order chi connectivity index (χ0) is 21.6. The summed E-state index contributed by atoms with van der Waals surface area (Å²) in [4.78, 5) is 14.8. The zero-order valence-electron chi connectivity index (χ0n) is 17.1. The van der Waals surface area contributed by atoms with Crippen LogP contribution in [-0.2, 0) is 4.79 Å². The number of halogens is 1. The van der Waals surface area contributed by atoms with E-state index in [0.29, 0.717) is 16.5 Å². The summed E-state index contributed by atoms with van der Waals surface area (Å²) in [5.41, 5.74) is 2.60. The van der Waals surface area contributed by atoms with Gasteiger partial charge in [-0.25, -0.2) is 9.07 Å². The number of hydrogen-bond donors (Lipinski definition) is 2. The summed E-state index contributed by atoms with van der Waals surface area (Å²) in [7, 11) is 0. The van der Waals surface area contributed by atoms with E-state index in [2.05, 4.69) is 32.5 Å². The SMILES string of the molecule is Nn1c(SCC(=O)Nc2ccc(N3CCCCCC3)cc2)nnc1-c1ccc(F)cc1. The number of nitrogens with two attached hydrogens (primary N) is 1. The lowest BCUT2D eigenvalue weighted by Crippen LogP contribution is -2.23. The van der Waals surface area contributed by atoms with Crippen LogP contribution in [0.1, 0.15) is 25.7 Å². The van der Waals surface area contributed by atoms with Gasteiger partial charge >= 0.3 is 0 Å². The van der Waals surface area contributed by atoms with Crippen LogP contribution in [0.3, 0.4) is 0 Å². The van der Waals surface area contributed by atoms with Crippen molar-refractivity contribution in [2.24, 2.45) is 0 Å². The number of rotatable bonds is 6. The lowest BCUT2D eigenvalue weighted by molar-refractivity contribution is -0.113. The summed E-state index contributed by atoms with van der Waals surface area (Å²) >= 11 is 1.19. The van der Waals surface area contributed by atoms with Gasteiger partial charge in [0.1, 0.15) is 5.82 Å². The molecule has 0 atom stereocenters. The Morgan fingerprint density at radius 1 is 1.00 bits per heavy atom. The number of nitrogen functional groups attached to an aromatic ring is 1. The Hall–Kier alpha value is -3.07. The molecule has 4 rings (SSSR count). The Morgan fingerprint density at radius 3 is 2.35 bits per heavy atom. The van der Waals surface area contributed by atoms with Gasteiger partial charge in [0.2, 0.25) is 11.1 Å². The number of thioether (sulfide) groups is 1. The third kappa shape index (κ3) is 5.35. The molecular weight excluding hydrogens is 415 g/mol. The largest absolute Gasteiger partial charge is 0.372 e. The van der Waals surface area contributed by atoms with Crippen molar-refractivity contribution >= 4 is 29.0 Å². The highest BCUT2D eigenvalue weighted by atomic mass is 32.2. The molecule has 3 N–H and O–H groups in total. The Bertz CT molecular complexity index is 1010. The number of anilines is 2. The standard InChI is InChI=1S/C22H25FN6OS/c23-17-7-5-16(6-8-17)21-26-27-22(29(21)24)31-15-20(30)25-18-9-11-19(12-10-18)28-13-3-1-2-4-14-28/h5-12H,1-4,13-15,24H2,(H,25,30). The summed E-state index contributed by atoms with van der Waals surface area (Å²) in [5, 5.41) is 11.4. The van der Waals surface area contributed by atoms with E-state index in [4.69, 9.17) is 5.84 Å². The van der Waals surface area contributed by atoms with Crippen molar-refractivity contribution in [2.45, 2.75) is 30.8 Å². The van der Waals surface area contributed by atoms with E-state index in [1.165, 1.54) is 59.9 Å². The quantitative estimate of drug-likeness (QED) is 0.446. The summed E-state index contributed by atoms with van der Waals surface area (Å²) in [6, 6.07) is 13.8. The van der Waals surface area contributed by atoms with Crippen LogP contribution in [-0.4, -0.2) is 39.6 Å². The monoisotopic (exact) mass is 440 g/mol. The minimum absolute atomic E-state index is 0.145. The molecule has 1 amide bonds. The van der Waals surface area contributed by atoms with Crippen molar-refractivity contribution in [3.05, 3.63) is 54.3 Å². The number of carbonyl (C=O) groups is 1. The molecule has 1 aliphatic heterocycles. The normalized spacial score (nSPS) is 14.3. The summed E-state index contributed by atoms with van der Waals surface area (Å²) in [6.07, 6.45) is 5.04. The van der Waals surface area contributed by atoms with Gasteiger partial charge in [-0.05, 0) is 61.4 Å². The van der Waals surface area contributed by atoms with Gasteiger partial charge in [0.25, 0.3) is 0 Å². The Kier molecular flexibility index (Phi) is 6.71. The number of hydrogen-bond acceptors (Lipinski definition) is 6. The predicted molar refractivity (Wildman–Crippen MR) is 122 cm³/mol. The van der Waals surface area contributed by atoms with E-state index in [0.717, 1.165) is 18.8 Å². The number of nitrogens with zero attached hydrogens (tertiary/aromatic N) is 4. The van der Waals surface area contributed by atoms with Gasteiger partial charge in [-0.1, -0.05) is 24.6 Å². The highest BCUT2D eigenvalue weighted by Gasteiger charge is 2.14. The first-order valence-corrected chi connectivity index (χ1v) is 11.3. The Balaban J connectivity index is 1.32. The first-order chi connectivity index (χ1) is 15.1. The van der Waals surface area contributed by atoms with Gasteiger partial charge in [-0.2, -0.15) is 0 Å². The Labute approximate surface area is 184 Å². The molecule has 3 aromatic rings.